The minimum absolute atomic E-state index is 0.138. The number of fused-ring (bicyclic) bond motifs is 1. The van der Waals surface area contributed by atoms with Gasteiger partial charge in [0, 0.05) is 31.1 Å². The van der Waals surface area contributed by atoms with Gasteiger partial charge < -0.3 is 14.1 Å². The van der Waals surface area contributed by atoms with Crippen LogP contribution in [-0.2, 0) is 11.3 Å². The number of rotatable bonds is 5. The third kappa shape index (κ3) is 4.36. The highest BCUT2D eigenvalue weighted by Gasteiger charge is 2.11. The summed E-state index contributed by atoms with van der Waals surface area (Å²) < 4.78 is 10.6. The SMILES string of the molecule is CN(Cc1ccc(Cl)c(Cl)c1)C(=O)COc1ccc2ccc(=O)oc2c1. The minimum atomic E-state index is -0.438. The van der Waals surface area contributed by atoms with Crippen LogP contribution in [0.3, 0.4) is 0 Å². The first-order valence-electron chi connectivity index (χ1n) is 7.77. The average Bonchev–Trinajstić information content (AvgIpc) is 2.62. The highest BCUT2D eigenvalue weighted by Crippen LogP contribution is 2.23. The first-order chi connectivity index (χ1) is 12.4. The lowest BCUT2D eigenvalue weighted by molar-refractivity contribution is -0.132. The number of amides is 1. The zero-order chi connectivity index (χ0) is 18.7. The molecular weight excluding hydrogens is 377 g/mol. The Morgan fingerprint density at radius 3 is 2.62 bits per heavy atom. The van der Waals surface area contributed by atoms with E-state index in [1.165, 1.54) is 11.0 Å². The zero-order valence-electron chi connectivity index (χ0n) is 13.9. The number of hydrogen-bond acceptors (Lipinski definition) is 4. The second-order valence-electron chi connectivity index (χ2n) is 5.74. The molecule has 0 saturated heterocycles. The van der Waals surface area contributed by atoms with Gasteiger partial charge in [-0.3, -0.25) is 4.79 Å². The number of ether oxygens (including phenoxy) is 1. The number of benzene rings is 2. The molecule has 0 atom stereocenters. The summed E-state index contributed by atoms with van der Waals surface area (Å²) in [6.07, 6.45) is 0. The van der Waals surface area contributed by atoms with Crippen molar-refractivity contribution in [2.24, 2.45) is 0 Å². The van der Waals surface area contributed by atoms with E-state index in [1.807, 2.05) is 6.07 Å². The van der Waals surface area contributed by atoms with Gasteiger partial charge in [0.25, 0.3) is 5.91 Å². The molecule has 3 rings (SSSR count). The maximum absolute atomic E-state index is 12.3. The first kappa shape index (κ1) is 18.3. The molecule has 0 N–H and O–H groups in total. The summed E-state index contributed by atoms with van der Waals surface area (Å²) in [4.78, 5) is 25.1. The molecule has 0 bridgehead atoms. The fraction of sp³-hybridized carbons (Fsp3) is 0.158. The number of hydrogen-bond donors (Lipinski definition) is 0. The van der Waals surface area contributed by atoms with Crippen LogP contribution in [0.25, 0.3) is 11.0 Å². The molecule has 0 unspecified atom stereocenters. The van der Waals surface area contributed by atoms with Crippen LogP contribution in [0.4, 0.5) is 0 Å². The minimum Gasteiger partial charge on any atom is -0.484 e. The smallest absolute Gasteiger partial charge is 0.336 e. The van der Waals surface area contributed by atoms with Gasteiger partial charge in [-0.2, -0.15) is 0 Å². The van der Waals surface area contributed by atoms with Gasteiger partial charge in [0.1, 0.15) is 11.3 Å². The number of carbonyl (C=O) groups is 1. The fourth-order valence-corrected chi connectivity index (χ4v) is 2.71. The van der Waals surface area contributed by atoms with Crippen LogP contribution in [0, 0.1) is 0 Å². The van der Waals surface area contributed by atoms with Crippen LogP contribution in [-0.4, -0.2) is 24.5 Å². The van der Waals surface area contributed by atoms with E-state index < -0.39 is 5.63 Å². The summed E-state index contributed by atoms with van der Waals surface area (Å²) in [5.74, 6) is 0.244. The molecular formula is C19H15Cl2NO4. The molecule has 1 aromatic heterocycles. The van der Waals surface area contributed by atoms with Gasteiger partial charge in [-0.25, -0.2) is 4.79 Å². The fourth-order valence-electron chi connectivity index (χ4n) is 2.39. The molecule has 1 amide bonds. The van der Waals surface area contributed by atoms with Crippen molar-refractivity contribution in [3.63, 3.8) is 0 Å². The molecule has 3 aromatic rings. The van der Waals surface area contributed by atoms with Crippen LogP contribution in [0.1, 0.15) is 5.56 Å². The topological polar surface area (TPSA) is 59.8 Å². The lowest BCUT2D eigenvalue weighted by Gasteiger charge is -2.18. The van der Waals surface area contributed by atoms with Gasteiger partial charge in [-0.05, 0) is 35.9 Å². The highest BCUT2D eigenvalue weighted by molar-refractivity contribution is 6.42. The predicted molar refractivity (Wildman–Crippen MR) is 101 cm³/mol. The lowest BCUT2D eigenvalue weighted by atomic mass is 10.2. The van der Waals surface area contributed by atoms with E-state index in [0.29, 0.717) is 27.9 Å². The summed E-state index contributed by atoms with van der Waals surface area (Å²) >= 11 is 11.9. The monoisotopic (exact) mass is 391 g/mol. The van der Waals surface area contributed by atoms with Gasteiger partial charge in [-0.15, -0.1) is 0 Å². The molecule has 0 saturated carbocycles. The molecule has 0 aliphatic heterocycles. The van der Waals surface area contributed by atoms with Gasteiger partial charge in [0.2, 0.25) is 0 Å². The van der Waals surface area contributed by atoms with E-state index in [2.05, 4.69) is 0 Å². The summed E-state index contributed by atoms with van der Waals surface area (Å²) in [5.41, 5.74) is 0.835. The Kier molecular flexibility index (Phi) is 5.49. The Morgan fingerprint density at radius 1 is 1.08 bits per heavy atom. The second-order valence-corrected chi connectivity index (χ2v) is 6.56. The molecule has 26 heavy (non-hydrogen) atoms. The molecule has 0 radical (unpaired) electrons. The van der Waals surface area contributed by atoms with Gasteiger partial charge in [-0.1, -0.05) is 29.3 Å². The van der Waals surface area contributed by atoms with Gasteiger partial charge >= 0.3 is 5.63 Å². The van der Waals surface area contributed by atoms with Crippen LogP contribution in [0.15, 0.2) is 57.7 Å². The first-order valence-corrected chi connectivity index (χ1v) is 8.52. The maximum Gasteiger partial charge on any atom is 0.336 e. The number of likely N-dealkylation sites (N-methyl/N-ethyl adjacent to an activating group) is 1. The normalized spacial score (nSPS) is 10.7. The number of nitrogens with zero attached hydrogens (tertiary/aromatic N) is 1. The van der Waals surface area contributed by atoms with E-state index in [1.54, 1.807) is 43.4 Å². The largest absolute Gasteiger partial charge is 0.484 e. The van der Waals surface area contributed by atoms with Crippen molar-refractivity contribution < 1.29 is 13.9 Å². The molecule has 134 valence electrons. The Morgan fingerprint density at radius 2 is 1.85 bits per heavy atom. The molecule has 5 nitrogen and oxygen atoms in total. The number of carbonyl (C=O) groups excluding carboxylic acids is 1. The van der Waals surface area contributed by atoms with Gasteiger partial charge in [0.05, 0.1) is 10.0 Å². The Bertz CT molecular complexity index is 1020. The molecule has 0 fully saturated rings. The van der Waals surface area contributed by atoms with Crippen LogP contribution >= 0.6 is 23.2 Å². The summed E-state index contributed by atoms with van der Waals surface area (Å²) in [7, 11) is 1.67. The molecule has 1 heterocycles. The van der Waals surface area contributed by atoms with Crippen molar-refractivity contribution in [2.45, 2.75) is 6.54 Å². The molecule has 7 heteroatoms. The Balaban J connectivity index is 1.62. The second kappa shape index (κ2) is 7.81. The van der Waals surface area contributed by atoms with E-state index in [9.17, 15) is 9.59 Å². The summed E-state index contributed by atoms with van der Waals surface area (Å²) in [6, 6.07) is 13.3. The highest BCUT2D eigenvalue weighted by atomic mass is 35.5. The van der Waals surface area contributed by atoms with Crippen molar-refractivity contribution in [2.75, 3.05) is 13.7 Å². The summed E-state index contributed by atoms with van der Waals surface area (Å²) in [5, 5.41) is 1.69. The van der Waals surface area contributed by atoms with Crippen molar-refractivity contribution in [1.82, 2.24) is 4.90 Å². The van der Waals surface area contributed by atoms with Crippen LogP contribution in [0.5, 0.6) is 5.75 Å². The number of halogens is 2. The van der Waals surface area contributed by atoms with Gasteiger partial charge in [0.15, 0.2) is 6.61 Å². The van der Waals surface area contributed by atoms with Crippen LogP contribution in [0.2, 0.25) is 10.0 Å². The predicted octanol–water partition coefficient (Wildman–Crippen LogP) is 4.14. The van der Waals surface area contributed by atoms with E-state index in [4.69, 9.17) is 32.4 Å². The molecule has 0 spiro atoms. The van der Waals surface area contributed by atoms with Crippen molar-refractivity contribution >= 4 is 40.1 Å². The van der Waals surface area contributed by atoms with E-state index in [-0.39, 0.29) is 12.5 Å². The van der Waals surface area contributed by atoms with Crippen molar-refractivity contribution in [3.05, 3.63) is 74.6 Å². The van der Waals surface area contributed by atoms with E-state index >= 15 is 0 Å². The molecule has 0 aliphatic carbocycles. The quantitative estimate of drug-likeness (QED) is 0.613. The van der Waals surface area contributed by atoms with E-state index in [0.717, 1.165) is 10.9 Å². The third-order valence-corrected chi connectivity index (χ3v) is 4.53. The molecule has 2 aromatic carbocycles. The molecule has 0 aliphatic rings. The summed E-state index contributed by atoms with van der Waals surface area (Å²) in [6.45, 7) is 0.242. The zero-order valence-corrected chi connectivity index (χ0v) is 15.4. The Labute approximate surface area is 159 Å². The van der Waals surface area contributed by atoms with Crippen molar-refractivity contribution in [3.8, 4) is 5.75 Å². The maximum atomic E-state index is 12.3. The Hall–Kier alpha value is -2.50. The third-order valence-electron chi connectivity index (χ3n) is 3.79. The lowest BCUT2D eigenvalue weighted by Crippen LogP contribution is -2.30. The average molecular weight is 392 g/mol. The van der Waals surface area contributed by atoms with Crippen LogP contribution < -0.4 is 10.4 Å². The van der Waals surface area contributed by atoms with Crippen molar-refractivity contribution in [1.29, 1.82) is 0 Å². The standard InChI is InChI=1S/C19H15Cl2NO4/c1-22(10-12-2-6-15(20)16(21)8-12)18(23)11-25-14-5-3-13-4-7-19(24)26-17(13)9-14/h2-9H,10-11H2,1H3.